The average molecular weight is 494 g/mol. The van der Waals surface area contributed by atoms with Crippen molar-refractivity contribution in [2.45, 2.75) is 32.1 Å². The normalized spacial score (nSPS) is 16.6. The fraction of sp³-hybridized carbons (Fsp3) is 0.167. The third-order valence-corrected chi connectivity index (χ3v) is 7.32. The van der Waals surface area contributed by atoms with Crippen LogP contribution in [0.2, 0.25) is 0 Å². The molecule has 1 aliphatic heterocycles. The Balaban J connectivity index is 1.35. The summed E-state index contributed by atoms with van der Waals surface area (Å²) in [4.78, 5) is 32.8. The van der Waals surface area contributed by atoms with Crippen LogP contribution < -0.4 is 5.32 Å². The summed E-state index contributed by atoms with van der Waals surface area (Å²) in [5.74, 6) is -0.289. The number of anilines is 1. The summed E-state index contributed by atoms with van der Waals surface area (Å²) in [7, 11) is 0. The van der Waals surface area contributed by atoms with Crippen molar-refractivity contribution in [2.24, 2.45) is 4.99 Å². The zero-order valence-corrected chi connectivity index (χ0v) is 21.1. The van der Waals surface area contributed by atoms with Gasteiger partial charge in [-0.05, 0) is 54.4 Å². The van der Waals surface area contributed by atoms with Crippen LogP contribution in [0, 0.1) is 13.8 Å². The minimum absolute atomic E-state index is 0.0770. The minimum atomic E-state index is -0.528. The number of hydrogen-bond donors (Lipinski definition) is 1. The molecule has 5 nitrogen and oxygen atoms in total. The molecule has 36 heavy (non-hydrogen) atoms. The third-order valence-electron chi connectivity index (χ3n) is 6.14. The molecule has 6 heteroatoms. The fourth-order valence-electron chi connectivity index (χ4n) is 4.12. The van der Waals surface area contributed by atoms with E-state index in [9.17, 15) is 9.59 Å². The van der Waals surface area contributed by atoms with Crippen molar-refractivity contribution in [3.05, 3.63) is 108 Å². The monoisotopic (exact) mass is 493 g/mol. The van der Waals surface area contributed by atoms with Gasteiger partial charge in [0.15, 0.2) is 5.17 Å². The first kappa shape index (κ1) is 23.8. The number of carbonyl (C=O) groups is 2. The number of hydrogen-bond acceptors (Lipinski definition) is 4. The molecule has 1 N–H and O–H groups in total. The molecular formula is C30H27N3O2S. The van der Waals surface area contributed by atoms with Crippen LogP contribution in [0.1, 0.15) is 23.1 Å². The van der Waals surface area contributed by atoms with Gasteiger partial charge in [-0.1, -0.05) is 89.6 Å². The van der Waals surface area contributed by atoms with E-state index in [1.807, 2.05) is 105 Å². The Morgan fingerprint density at radius 1 is 0.889 bits per heavy atom. The van der Waals surface area contributed by atoms with Gasteiger partial charge in [0.2, 0.25) is 11.8 Å². The number of fused-ring (bicyclic) bond motifs is 1. The second-order valence-electron chi connectivity index (χ2n) is 9.06. The van der Waals surface area contributed by atoms with E-state index in [1.165, 1.54) is 11.8 Å². The molecule has 5 rings (SSSR count). The Labute approximate surface area is 215 Å². The number of thioether (sulfide) groups is 1. The summed E-state index contributed by atoms with van der Waals surface area (Å²) < 4.78 is 0. The number of rotatable bonds is 6. The summed E-state index contributed by atoms with van der Waals surface area (Å²) in [6.45, 7) is 4.48. The summed E-state index contributed by atoms with van der Waals surface area (Å²) in [6.07, 6.45) is 0.0770. The van der Waals surface area contributed by atoms with Gasteiger partial charge in [0.25, 0.3) is 0 Å². The predicted octanol–water partition coefficient (Wildman–Crippen LogP) is 6.62. The minimum Gasteiger partial charge on any atom is -0.326 e. The molecule has 0 bridgehead atoms. The van der Waals surface area contributed by atoms with E-state index in [2.05, 4.69) is 5.32 Å². The third kappa shape index (κ3) is 5.50. The van der Waals surface area contributed by atoms with Gasteiger partial charge in [-0.2, -0.15) is 0 Å². The van der Waals surface area contributed by atoms with Crippen molar-refractivity contribution >= 4 is 50.9 Å². The number of amidine groups is 1. The molecule has 4 aromatic rings. The Hall–Kier alpha value is -3.90. The van der Waals surface area contributed by atoms with Crippen LogP contribution in [-0.4, -0.2) is 27.1 Å². The van der Waals surface area contributed by atoms with Crippen molar-refractivity contribution in [1.29, 1.82) is 0 Å². The first-order valence-electron chi connectivity index (χ1n) is 11.9. The Morgan fingerprint density at radius 2 is 1.56 bits per heavy atom. The highest BCUT2D eigenvalue weighted by Gasteiger charge is 2.39. The zero-order chi connectivity index (χ0) is 25.1. The topological polar surface area (TPSA) is 61.8 Å². The molecule has 1 unspecified atom stereocenters. The lowest BCUT2D eigenvalue weighted by molar-refractivity contribution is -0.128. The predicted molar refractivity (Wildman–Crippen MR) is 149 cm³/mol. The van der Waals surface area contributed by atoms with E-state index in [4.69, 9.17) is 4.99 Å². The fourth-order valence-corrected chi connectivity index (χ4v) is 5.28. The van der Waals surface area contributed by atoms with Crippen LogP contribution >= 0.6 is 11.8 Å². The molecule has 180 valence electrons. The molecule has 0 spiro atoms. The molecular weight excluding hydrogens is 466 g/mol. The van der Waals surface area contributed by atoms with Gasteiger partial charge in [-0.15, -0.1) is 0 Å². The number of nitrogens with one attached hydrogen (secondary N) is 1. The maximum absolute atomic E-state index is 13.4. The molecule has 1 saturated heterocycles. The van der Waals surface area contributed by atoms with Crippen molar-refractivity contribution in [3.8, 4) is 0 Å². The second kappa shape index (κ2) is 10.4. The number of aryl methyl sites for hydroxylation is 2. The van der Waals surface area contributed by atoms with Gasteiger partial charge in [0, 0.05) is 12.1 Å². The number of carbonyl (C=O) groups excluding carboxylic acids is 2. The highest BCUT2D eigenvalue weighted by atomic mass is 32.2. The lowest BCUT2D eigenvalue weighted by Gasteiger charge is -2.17. The molecule has 1 heterocycles. The summed E-state index contributed by atoms with van der Waals surface area (Å²) in [6, 6.07) is 29.8. The van der Waals surface area contributed by atoms with Crippen LogP contribution in [0.25, 0.3) is 10.8 Å². The lowest BCUT2D eigenvalue weighted by Crippen LogP contribution is -2.33. The molecule has 1 fully saturated rings. The van der Waals surface area contributed by atoms with Crippen LogP contribution in [0.4, 0.5) is 11.4 Å². The molecule has 0 radical (unpaired) electrons. The molecule has 0 saturated carbocycles. The Kier molecular flexibility index (Phi) is 6.87. The summed E-state index contributed by atoms with van der Waals surface area (Å²) in [5.41, 5.74) is 4.84. The van der Waals surface area contributed by atoms with E-state index in [0.29, 0.717) is 11.7 Å². The Morgan fingerprint density at radius 3 is 2.28 bits per heavy atom. The molecule has 0 aliphatic carbocycles. The van der Waals surface area contributed by atoms with Gasteiger partial charge in [0.1, 0.15) is 5.25 Å². The molecule has 4 aromatic carbocycles. The van der Waals surface area contributed by atoms with Crippen molar-refractivity contribution < 1.29 is 9.59 Å². The van der Waals surface area contributed by atoms with Crippen LogP contribution in [-0.2, 0) is 16.1 Å². The van der Waals surface area contributed by atoms with Gasteiger partial charge in [-0.25, -0.2) is 4.99 Å². The molecule has 2 amide bonds. The quantitative estimate of drug-likeness (QED) is 0.328. The standard InChI is InChI=1S/C30H27N3O2S/c1-20-7-11-22(12-8-20)19-33-29(35)27(36-30(33)32-25-14-9-21(2)10-15-25)18-28(34)31-26-16-13-23-5-3-4-6-24(23)17-26/h3-17,27H,18-19H2,1-2H3,(H,31,34). The van der Waals surface area contributed by atoms with Crippen LogP contribution in [0.3, 0.4) is 0 Å². The molecule has 1 aliphatic rings. The van der Waals surface area contributed by atoms with Gasteiger partial charge < -0.3 is 5.32 Å². The van der Waals surface area contributed by atoms with E-state index >= 15 is 0 Å². The number of benzene rings is 4. The number of nitrogens with zero attached hydrogens (tertiary/aromatic N) is 2. The second-order valence-corrected chi connectivity index (χ2v) is 10.2. The van der Waals surface area contributed by atoms with Crippen molar-refractivity contribution in [1.82, 2.24) is 4.90 Å². The smallest absolute Gasteiger partial charge is 0.242 e. The highest BCUT2D eigenvalue weighted by molar-refractivity contribution is 8.15. The lowest BCUT2D eigenvalue weighted by atomic mass is 10.1. The first-order chi connectivity index (χ1) is 17.4. The molecule has 1 atom stereocenters. The van der Waals surface area contributed by atoms with Crippen molar-refractivity contribution in [3.63, 3.8) is 0 Å². The van der Waals surface area contributed by atoms with Crippen molar-refractivity contribution in [2.75, 3.05) is 5.32 Å². The van der Waals surface area contributed by atoms with Crippen LogP contribution in [0.15, 0.2) is 96.0 Å². The first-order valence-corrected chi connectivity index (χ1v) is 12.8. The Bertz CT molecular complexity index is 1450. The SMILES string of the molecule is Cc1ccc(CN2C(=O)C(CC(=O)Nc3ccc4ccccc4c3)SC2=Nc2ccc(C)cc2)cc1. The van der Waals surface area contributed by atoms with E-state index in [-0.39, 0.29) is 18.2 Å². The average Bonchev–Trinajstić information content (AvgIpc) is 3.15. The number of amides is 2. The highest BCUT2D eigenvalue weighted by Crippen LogP contribution is 2.33. The van der Waals surface area contributed by atoms with Gasteiger partial charge in [0.05, 0.1) is 12.2 Å². The van der Waals surface area contributed by atoms with Gasteiger partial charge in [-0.3, -0.25) is 14.5 Å². The van der Waals surface area contributed by atoms with Crippen LogP contribution in [0.5, 0.6) is 0 Å². The van der Waals surface area contributed by atoms with E-state index in [1.54, 1.807) is 4.90 Å². The number of aliphatic imine (C=N–C) groups is 1. The van der Waals surface area contributed by atoms with Gasteiger partial charge >= 0.3 is 0 Å². The summed E-state index contributed by atoms with van der Waals surface area (Å²) in [5, 5.41) is 5.22. The van der Waals surface area contributed by atoms with E-state index in [0.717, 1.165) is 38.8 Å². The largest absolute Gasteiger partial charge is 0.326 e. The zero-order valence-electron chi connectivity index (χ0n) is 20.3. The maximum Gasteiger partial charge on any atom is 0.242 e. The maximum atomic E-state index is 13.4. The van der Waals surface area contributed by atoms with E-state index < -0.39 is 5.25 Å². The molecule has 0 aromatic heterocycles. The summed E-state index contributed by atoms with van der Waals surface area (Å²) >= 11 is 1.36.